The highest BCUT2D eigenvalue weighted by molar-refractivity contribution is 5.83. The summed E-state index contributed by atoms with van der Waals surface area (Å²) in [6, 6.07) is 8.25. The molecule has 0 spiro atoms. The lowest BCUT2D eigenvalue weighted by molar-refractivity contribution is -0.290. The van der Waals surface area contributed by atoms with Crippen LogP contribution in [-0.2, 0) is 0 Å². The Morgan fingerprint density at radius 3 is 2.00 bits per heavy atom. The zero-order valence-electron chi connectivity index (χ0n) is 9.59. The molecular formula is C13H10F5N. The zero-order chi connectivity index (χ0) is 14.3. The second kappa shape index (κ2) is 4.45. The number of benzene rings is 2. The normalized spacial score (nSPS) is 14.6. The van der Waals surface area contributed by atoms with Crippen molar-refractivity contribution in [2.75, 3.05) is 0 Å². The van der Waals surface area contributed by atoms with Crippen molar-refractivity contribution in [2.24, 2.45) is 5.73 Å². The van der Waals surface area contributed by atoms with Crippen molar-refractivity contribution in [3.05, 3.63) is 48.0 Å². The Morgan fingerprint density at radius 2 is 1.42 bits per heavy atom. The summed E-state index contributed by atoms with van der Waals surface area (Å²) in [5.41, 5.74) is 4.83. The number of hydrogen-bond donors (Lipinski definition) is 1. The van der Waals surface area contributed by atoms with Crippen molar-refractivity contribution in [1.82, 2.24) is 0 Å². The van der Waals surface area contributed by atoms with E-state index >= 15 is 0 Å². The Kier molecular flexibility index (Phi) is 3.22. The smallest absolute Gasteiger partial charge is 0.319 e. The predicted octanol–water partition coefficient (Wildman–Crippen LogP) is 4.04. The van der Waals surface area contributed by atoms with E-state index < -0.39 is 18.1 Å². The Morgan fingerprint density at radius 1 is 0.842 bits per heavy atom. The van der Waals surface area contributed by atoms with Crippen LogP contribution in [0.5, 0.6) is 0 Å². The predicted molar refractivity (Wildman–Crippen MR) is 61.9 cm³/mol. The van der Waals surface area contributed by atoms with Crippen molar-refractivity contribution < 1.29 is 22.0 Å². The van der Waals surface area contributed by atoms with Crippen LogP contribution in [0, 0.1) is 0 Å². The minimum Gasteiger partial charge on any atom is -0.319 e. The average molecular weight is 275 g/mol. The molecule has 1 nitrogen and oxygen atoms in total. The summed E-state index contributed by atoms with van der Waals surface area (Å²) in [6.07, 6.45) is -5.67. The molecule has 0 aliphatic rings. The summed E-state index contributed by atoms with van der Waals surface area (Å²) < 4.78 is 63.1. The minimum absolute atomic E-state index is 0.249. The van der Waals surface area contributed by atoms with Gasteiger partial charge in [-0.05, 0) is 22.4 Å². The molecule has 0 saturated carbocycles. The maximum Gasteiger partial charge on any atom is 0.455 e. The highest BCUT2D eigenvalue weighted by Gasteiger charge is 2.61. The van der Waals surface area contributed by atoms with Crippen LogP contribution in [0.4, 0.5) is 22.0 Å². The Bertz CT molecular complexity index is 591. The SMILES string of the molecule is N[C@@H](c1ccc2ccccc2c1)C(F)(F)C(F)(F)F. The van der Waals surface area contributed by atoms with Crippen molar-refractivity contribution >= 4 is 10.8 Å². The molecule has 2 rings (SSSR count). The van der Waals surface area contributed by atoms with Gasteiger partial charge < -0.3 is 5.73 Å². The van der Waals surface area contributed by atoms with E-state index in [1.807, 2.05) is 0 Å². The molecular weight excluding hydrogens is 265 g/mol. The maximum atomic E-state index is 13.2. The summed E-state index contributed by atoms with van der Waals surface area (Å²) in [6.45, 7) is 0. The van der Waals surface area contributed by atoms with Gasteiger partial charge in [-0.1, -0.05) is 36.4 Å². The first-order chi connectivity index (χ1) is 8.73. The van der Waals surface area contributed by atoms with E-state index in [1.165, 1.54) is 18.2 Å². The van der Waals surface area contributed by atoms with Crippen LogP contribution < -0.4 is 5.73 Å². The molecule has 1 atom stereocenters. The molecule has 0 bridgehead atoms. The fraction of sp³-hybridized carbons (Fsp3) is 0.231. The lowest BCUT2D eigenvalue weighted by Gasteiger charge is -2.26. The first kappa shape index (κ1) is 13.7. The highest BCUT2D eigenvalue weighted by Crippen LogP contribution is 2.43. The number of fused-ring (bicyclic) bond motifs is 1. The molecule has 0 aliphatic carbocycles. The Balaban J connectivity index is 2.44. The molecule has 2 aromatic rings. The summed E-state index contributed by atoms with van der Waals surface area (Å²) in [7, 11) is 0. The second-order valence-electron chi connectivity index (χ2n) is 4.20. The molecule has 2 N–H and O–H groups in total. The molecule has 19 heavy (non-hydrogen) atoms. The topological polar surface area (TPSA) is 26.0 Å². The first-order valence-electron chi connectivity index (χ1n) is 5.42. The largest absolute Gasteiger partial charge is 0.455 e. The van der Waals surface area contributed by atoms with E-state index in [1.54, 1.807) is 24.3 Å². The Hall–Kier alpha value is -1.69. The number of halogens is 5. The molecule has 0 unspecified atom stereocenters. The summed E-state index contributed by atoms with van der Waals surface area (Å²) in [5.74, 6) is -4.96. The van der Waals surface area contributed by atoms with Crippen molar-refractivity contribution in [1.29, 1.82) is 0 Å². The standard InChI is InChI=1S/C13H10F5N/c14-12(15,13(16,17)18)11(19)10-6-5-8-3-1-2-4-9(8)7-10/h1-7,11H,19H2/t11-/m0/s1. The van der Waals surface area contributed by atoms with Gasteiger partial charge in [0.2, 0.25) is 0 Å². The minimum atomic E-state index is -5.67. The molecule has 0 aromatic heterocycles. The van der Waals surface area contributed by atoms with Crippen LogP contribution in [0.3, 0.4) is 0 Å². The van der Waals surface area contributed by atoms with E-state index in [4.69, 9.17) is 5.73 Å². The molecule has 102 valence electrons. The Labute approximate surface area is 105 Å². The van der Waals surface area contributed by atoms with Gasteiger partial charge in [0.05, 0.1) is 0 Å². The third-order valence-corrected chi connectivity index (χ3v) is 2.90. The number of hydrogen-bond acceptors (Lipinski definition) is 1. The van der Waals surface area contributed by atoms with Crippen molar-refractivity contribution in [2.45, 2.75) is 18.1 Å². The highest BCUT2D eigenvalue weighted by atomic mass is 19.4. The van der Waals surface area contributed by atoms with Gasteiger partial charge in [0.15, 0.2) is 0 Å². The molecule has 2 aromatic carbocycles. The van der Waals surface area contributed by atoms with E-state index in [0.29, 0.717) is 5.39 Å². The van der Waals surface area contributed by atoms with Gasteiger partial charge in [-0.3, -0.25) is 0 Å². The molecule has 0 heterocycles. The van der Waals surface area contributed by atoms with Crippen LogP contribution in [0.1, 0.15) is 11.6 Å². The summed E-state index contributed by atoms with van der Waals surface area (Å²) >= 11 is 0. The first-order valence-corrected chi connectivity index (χ1v) is 5.42. The van der Waals surface area contributed by atoms with Gasteiger partial charge in [-0.25, -0.2) is 0 Å². The third-order valence-electron chi connectivity index (χ3n) is 2.90. The van der Waals surface area contributed by atoms with Gasteiger partial charge in [0, 0.05) is 0 Å². The van der Waals surface area contributed by atoms with Gasteiger partial charge in [-0.15, -0.1) is 0 Å². The fourth-order valence-corrected chi connectivity index (χ4v) is 1.79. The summed E-state index contributed by atoms with van der Waals surface area (Å²) in [4.78, 5) is 0. The van der Waals surface area contributed by atoms with Crippen molar-refractivity contribution in [3.8, 4) is 0 Å². The van der Waals surface area contributed by atoms with E-state index in [-0.39, 0.29) is 5.56 Å². The van der Waals surface area contributed by atoms with E-state index in [0.717, 1.165) is 5.39 Å². The lowest BCUT2D eigenvalue weighted by atomic mass is 9.98. The molecule has 0 aliphatic heterocycles. The van der Waals surface area contributed by atoms with Crippen LogP contribution in [-0.4, -0.2) is 12.1 Å². The lowest BCUT2D eigenvalue weighted by Crippen LogP contribution is -2.45. The van der Waals surface area contributed by atoms with Crippen LogP contribution >= 0.6 is 0 Å². The number of rotatable bonds is 2. The number of alkyl halides is 5. The monoisotopic (exact) mass is 275 g/mol. The number of nitrogens with two attached hydrogens (primary N) is 1. The molecule has 6 heteroatoms. The van der Waals surface area contributed by atoms with Gasteiger partial charge in [0.25, 0.3) is 0 Å². The zero-order valence-corrected chi connectivity index (χ0v) is 9.59. The fourth-order valence-electron chi connectivity index (χ4n) is 1.79. The molecule has 0 saturated heterocycles. The maximum absolute atomic E-state index is 13.2. The quantitative estimate of drug-likeness (QED) is 0.822. The second-order valence-corrected chi connectivity index (χ2v) is 4.20. The van der Waals surface area contributed by atoms with Gasteiger partial charge >= 0.3 is 12.1 Å². The molecule has 0 fully saturated rings. The van der Waals surface area contributed by atoms with Crippen LogP contribution in [0.25, 0.3) is 10.8 Å². The van der Waals surface area contributed by atoms with Gasteiger partial charge in [0.1, 0.15) is 6.04 Å². The van der Waals surface area contributed by atoms with Gasteiger partial charge in [-0.2, -0.15) is 22.0 Å². The molecule has 0 radical (unpaired) electrons. The molecule has 0 amide bonds. The van der Waals surface area contributed by atoms with E-state index in [9.17, 15) is 22.0 Å². The van der Waals surface area contributed by atoms with Crippen molar-refractivity contribution in [3.63, 3.8) is 0 Å². The van der Waals surface area contributed by atoms with Crippen LogP contribution in [0.15, 0.2) is 42.5 Å². The third kappa shape index (κ3) is 2.40. The van der Waals surface area contributed by atoms with E-state index in [2.05, 4.69) is 0 Å². The van der Waals surface area contributed by atoms with Crippen LogP contribution in [0.2, 0.25) is 0 Å². The summed E-state index contributed by atoms with van der Waals surface area (Å²) in [5, 5.41) is 1.31. The average Bonchev–Trinajstić information content (AvgIpc) is 2.36.